The summed E-state index contributed by atoms with van der Waals surface area (Å²) < 4.78 is 2.21. The molecular formula is C12H14OSe. The molecule has 0 aliphatic heterocycles. The molecular weight excluding hydrogens is 239 g/mol. The topological polar surface area (TPSA) is 17.1 Å². The van der Waals surface area contributed by atoms with Crippen molar-refractivity contribution in [2.45, 2.75) is 26.2 Å². The molecule has 1 aromatic carbocycles. The molecule has 74 valence electrons. The minimum atomic E-state index is 0.179. The predicted octanol–water partition coefficient (Wildman–Crippen LogP) is 1.92. The summed E-state index contributed by atoms with van der Waals surface area (Å²) in [6.07, 6.45) is 3.14. The summed E-state index contributed by atoms with van der Waals surface area (Å²) in [5, 5.41) is 0. The molecule has 0 saturated carbocycles. The summed E-state index contributed by atoms with van der Waals surface area (Å²) in [5.74, 6) is 2.08. The van der Waals surface area contributed by atoms with Crippen LogP contribution in [0.5, 0.6) is 0 Å². The summed E-state index contributed by atoms with van der Waals surface area (Å²) >= 11 is 0.179. The molecule has 0 aliphatic carbocycles. The standard InChI is InChI=1S/C12H14OSe/c1-2-3-7-12(10-13)14-11-8-5-4-6-9-11/h4-6,8-9H,2-3,7H2,1H3. The van der Waals surface area contributed by atoms with Gasteiger partial charge in [0.1, 0.15) is 0 Å². The molecule has 0 fully saturated rings. The van der Waals surface area contributed by atoms with E-state index in [0.717, 1.165) is 23.7 Å². The first kappa shape index (κ1) is 11.3. The molecule has 0 bridgehead atoms. The second-order valence-corrected chi connectivity index (χ2v) is 5.50. The zero-order chi connectivity index (χ0) is 10.2. The van der Waals surface area contributed by atoms with Crippen LogP contribution in [0.3, 0.4) is 0 Å². The molecule has 0 N–H and O–H groups in total. The fourth-order valence-corrected chi connectivity index (χ4v) is 2.91. The number of hydrogen-bond donors (Lipinski definition) is 0. The van der Waals surface area contributed by atoms with Crippen LogP contribution in [0.1, 0.15) is 26.2 Å². The van der Waals surface area contributed by atoms with Crippen molar-refractivity contribution in [1.29, 1.82) is 0 Å². The number of unbranched alkanes of at least 4 members (excludes halogenated alkanes) is 1. The van der Waals surface area contributed by atoms with Gasteiger partial charge in [0.15, 0.2) is 0 Å². The van der Waals surface area contributed by atoms with E-state index >= 15 is 0 Å². The van der Waals surface area contributed by atoms with Gasteiger partial charge in [0.05, 0.1) is 0 Å². The Labute approximate surface area is 91.4 Å². The van der Waals surface area contributed by atoms with Crippen molar-refractivity contribution in [3.05, 3.63) is 34.8 Å². The van der Waals surface area contributed by atoms with E-state index < -0.39 is 0 Å². The molecule has 0 aromatic heterocycles. The van der Waals surface area contributed by atoms with Gasteiger partial charge in [0.25, 0.3) is 0 Å². The minimum absolute atomic E-state index is 0.179. The maximum absolute atomic E-state index is 10.7. The molecule has 0 unspecified atom stereocenters. The van der Waals surface area contributed by atoms with Crippen LogP contribution in [0, 0.1) is 0 Å². The quantitative estimate of drug-likeness (QED) is 0.579. The monoisotopic (exact) mass is 254 g/mol. The third kappa shape index (κ3) is 3.93. The Balaban J connectivity index is 2.54. The van der Waals surface area contributed by atoms with Gasteiger partial charge < -0.3 is 0 Å². The van der Waals surface area contributed by atoms with Gasteiger partial charge in [0, 0.05) is 0 Å². The van der Waals surface area contributed by atoms with Crippen molar-refractivity contribution in [2.75, 3.05) is 0 Å². The first-order chi connectivity index (χ1) is 6.86. The zero-order valence-corrected chi connectivity index (χ0v) is 10.0. The molecule has 1 aromatic rings. The van der Waals surface area contributed by atoms with Crippen LogP contribution in [-0.2, 0) is 4.79 Å². The van der Waals surface area contributed by atoms with Gasteiger partial charge in [-0.25, -0.2) is 0 Å². The third-order valence-electron chi connectivity index (χ3n) is 1.86. The Morgan fingerprint density at radius 2 is 2.07 bits per heavy atom. The van der Waals surface area contributed by atoms with Gasteiger partial charge in [-0.15, -0.1) is 0 Å². The van der Waals surface area contributed by atoms with E-state index in [1.807, 2.05) is 18.2 Å². The van der Waals surface area contributed by atoms with Crippen molar-refractivity contribution < 1.29 is 4.79 Å². The molecule has 0 spiro atoms. The van der Waals surface area contributed by atoms with E-state index in [1.54, 1.807) is 0 Å². The number of allylic oxidation sites excluding steroid dienone is 1. The van der Waals surface area contributed by atoms with Crippen LogP contribution in [0.4, 0.5) is 0 Å². The molecule has 0 heterocycles. The van der Waals surface area contributed by atoms with Crippen LogP contribution in [-0.4, -0.2) is 20.9 Å². The fourth-order valence-electron chi connectivity index (χ4n) is 1.09. The molecule has 0 amide bonds. The number of benzene rings is 1. The summed E-state index contributed by atoms with van der Waals surface area (Å²) in [6.45, 7) is 2.14. The molecule has 0 radical (unpaired) electrons. The SMILES string of the molecule is CCCCC(=C=O)[Se]c1ccccc1. The van der Waals surface area contributed by atoms with Crippen molar-refractivity contribution in [1.82, 2.24) is 0 Å². The predicted molar refractivity (Wildman–Crippen MR) is 60.6 cm³/mol. The van der Waals surface area contributed by atoms with E-state index in [9.17, 15) is 4.79 Å². The van der Waals surface area contributed by atoms with Crippen LogP contribution in [0.2, 0.25) is 0 Å². The third-order valence-corrected chi connectivity index (χ3v) is 4.04. The molecule has 14 heavy (non-hydrogen) atoms. The van der Waals surface area contributed by atoms with Crippen LogP contribution in [0.15, 0.2) is 34.8 Å². The summed E-state index contributed by atoms with van der Waals surface area (Å²) in [4.78, 5) is 10.7. The van der Waals surface area contributed by atoms with Gasteiger partial charge in [-0.1, -0.05) is 0 Å². The Morgan fingerprint density at radius 1 is 1.36 bits per heavy atom. The van der Waals surface area contributed by atoms with E-state index in [-0.39, 0.29) is 15.0 Å². The Hall–Kier alpha value is -0.811. The normalized spacial score (nSPS) is 9.50. The van der Waals surface area contributed by atoms with Crippen LogP contribution >= 0.6 is 0 Å². The molecule has 1 nitrogen and oxygen atoms in total. The Bertz CT molecular complexity index is 312. The second-order valence-electron chi connectivity index (χ2n) is 3.04. The Kier molecular flexibility index (Phi) is 5.32. The van der Waals surface area contributed by atoms with Crippen molar-refractivity contribution in [2.24, 2.45) is 0 Å². The number of carbonyl (C=O) groups excluding carboxylic acids is 1. The second kappa shape index (κ2) is 6.61. The summed E-state index contributed by atoms with van der Waals surface area (Å²) in [6, 6.07) is 10.2. The van der Waals surface area contributed by atoms with Gasteiger partial charge >= 0.3 is 91.1 Å². The van der Waals surface area contributed by atoms with Crippen molar-refractivity contribution >= 4 is 25.4 Å². The maximum atomic E-state index is 10.7. The Morgan fingerprint density at radius 3 is 2.64 bits per heavy atom. The average molecular weight is 253 g/mol. The zero-order valence-electron chi connectivity index (χ0n) is 8.32. The number of rotatable bonds is 5. The van der Waals surface area contributed by atoms with Crippen LogP contribution < -0.4 is 4.46 Å². The molecule has 2 heteroatoms. The molecule has 0 atom stereocenters. The first-order valence-corrected chi connectivity index (χ1v) is 6.55. The van der Waals surface area contributed by atoms with E-state index in [0.29, 0.717) is 0 Å². The van der Waals surface area contributed by atoms with Gasteiger partial charge in [-0.3, -0.25) is 0 Å². The van der Waals surface area contributed by atoms with Gasteiger partial charge in [0.2, 0.25) is 0 Å². The van der Waals surface area contributed by atoms with Gasteiger partial charge in [-0.2, -0.15) is 0 Å². The van der Waals surface area contributed by atoms with E-state index in [4.69, 9.17) is 0 Å². The number of hydrogen-bond acceptors (Lipinski definition) is 1. The van der Waals surface area contributed by atoms with E-state index in [2.05, 4.69) is 25.0 Å². The summed E-state index contributed by atoms with van der Waals surface area (Å²) in [5.41, 5.74) is 0. The van der Waals surface area contributed by atoms with Crippen molar-refractivity contribution in [3.63, 3.8) is 0 Å². The summed E-state index contributed by atoms with van der Waals surface area (Å²) in [7, 11) is 0. The molecule has 0 aliphatic rings. The molecule has 1 rings (SSSR count). The van der Waals surface area contributed by atoms with Crippen LogP contribution in [0.25, 0.3) is 0 Å². The molecule has 0 saturated heterocycles. The fraction of sp³-hybridized carbons (Fsp3) is 0.333. The van der Waals surface area contributed by atoms with Gasteiger partial charge in [-0.05, 0) is 0 Å². The van der Waals surface area contributed by atoms with Crippen molar-refractivity contribution in [3.8, 4) is 0 Å². The van der Waals surface area contributed by atoms with E-state index in [1.165, 1.54) is 4.46 Å². The average Bonchev–Trinajstić information content (AvgIpc) is 2.25. The first-order valence-electron chi connectivity index (χ1n) is 4.83.